The van der Waals surface area contributed by atoms with Gasteiger partial charge in [0.15, 0.2) is 0 Å². The van der Waals surface area contributed by atoms with E-state index in [0.717, 1.165) is 24.0 Å². The van der Waals surface area contributed by atoms with Crippen molar-refractivity contribution in [1.82, 2.24) is 10.2 Å². The molecular weight excluding hydrogens is 364 g/mol. The van der Waals surface area contributed by atoms with Gasteiger partial charge in [0.25, 0.3) is 0 Å². The Morgan fingerprint density at radius 2 is 1.78 bits per heavy atom. The van der Waals surface area contributed by atoms with Gasteiger partial charge in [0.05, 0.1) is 10.8 Å². The first-order valence-corrected chi connectivity index (χ1v) is 10.6. The normalized spacial score (nSPS) is 23.1. The van der Waals surface area contributed by atoms with Gasteiger partial charge in [-0.3, -0.25) is 10.0 Å². The van der Waals surface area contributed by atoms with Crippen molar-refractivity contribution in [2.24, 2.45) is 5.92 Å². The fraction of sp³-hybridized carbons (Fsp3) is 0.350. The second-order valence-corrected chi connectivity index (χ2v) is 8.51. The number of hydrogen-bond donors (Lipinski definition) is 3. The Morgan fingerprint density at radius 1 is 1.04 bits per heavy atom. The van der Waals surface area contributed by atoms with Gasteiger partial charge in [-0.15, -0.1) is 0 Å². The van der Waals surface area contributed by atoms with Gasteiger partial charge in [-0.05, 0) is 36.5 Å². The van der Waals surface area contributed by atoms with E-state index in [1.807, 2.05) is 36.4 Å². The molecule has 3 rings (SSSR count). The van der Waals surface area contributed by atoms with Crippen molar-refractivity contribution < 1.29 is 18.4 Å². The van der Waals surface area contributed by atoms with Crippen molar-refractivity contribution in [3.63, 3.8) is 0 Å². The molecule has 7 heteroatoms. The molecule has 2 aliphatic carbocycles. The molecule has 0 heterocycles. The molecule has 0 bridgehead atoms. The maximum Gasteiger partial charge on any atom is 0.248 e. The molecule has 1 fully saturated rings. The van der Waals surface area contributed by atoms with E-state index in [0.29, 0.717) is 19.3 Å². The van der Waals surface area contributed by atoms with E-state index in [4.69, 9.17) is 5.21 Å². The number of carbonyl (C=O) groups excluding carboxylic acids is 1. The molecule has 0 saturated heterocycles. The number of allylic oxidation sites excluding steroid dienone is 5. The van der Waals surface area contributed by atoms with Gasteiger partial charge in [-0.25, -0.2) is 18.6 Å². The number of rotatable bonds is 5. The molecule has 1 aromatic carbocycles. The third-order valence-electron chi connectivity index (χ3n) is 5.02. The van der Waals surface area contributed by atoms with Crippen molar-refractivity contribution in [3.8, 4) is 0 Å². The van der Waals surface area contributed by atoms with Crippen molar-refractivity contribution in [2.45, 2.75) is 38.1 Å². The average molecular weight is 388 g/mol. The van der Waals surface area contributed by atoms with Crippen molar-refractivity contribution in [2.75, 3.05) is 0 Å². The van der Waals surface area contributed by atoms with Crippen molar-refractivity contribution in [3.05, 3.63) is 65.1 Å². The molecule has 0 aliphatic heterocycles. The third kappa shape index (κ3) is 4.74. The molecule has 6 nitrogen and oxygen atoms in total. The standard InChI is InChI=1S/C20H24N2O4S/c23-20(21-24)18-11-4-5-12-19(18)22-27(25,26)17-10-6-9-16(13-14-17)15-7-2-1-3-8-15/h1-3,7-10,13-14,18-19,22,24H,4-6,11-12H2,(H,21,23)/t18-,19-/m0/s1. The van der Waals surface area contributed by atoms with E-state index >= 15 is 0 Å². The lowest BCUT2D eigenvalue weighted by Gasteiger charge is -2.30. The van der Waals surface area contributed by atoms with E-state index in [9.17, 15) is 13.2 Å². The molecule has 0 unspecified atom stereocenters. The van der Waals surface area contributed by atoms with Crippen LogP contribution in [0.2, 0.25) is 0 Å². The minimum Gasteiger partial charge on any atom is -0.289 e. The van der Waals surface area contributed by atoms with Gasteiger partial charge < -0.3 is 0 Å². The van der Waals surface area contributed by atoms with Crippen LogP contribution in [0.3, 0.4) is 0 Å². The summed E-state index contributed by atoms with van der Waals surface area (Å²) in [6.45, 7) is 0. The van der Waals surface area contributed by atoms with Crippen molar-refractivity contribution in [1.29, 1.82) is 0 Å². The molecule has 3 N–H and O–H groups in total. The van der Waals surface area contributed by atoms with Gasteiger partial charge in [-0.1, -0.05) is 61.4 Å². The number of benzene rings is 1. The van der Waals surface area contributed by atoms with E-state index in [-0.39, 0.29) is 4.91 Å². The first kappa shape index (κ1) is 19.5. The Balaban J connectivity index is 1.75. The number of sulfonamides is 1. The van der Waals surface area contributed by atoms with Crippen molar-refractivity contribution >= 4 is 21.5 Å². The summed E-state index contributed by atoms with van der Waals surface area (Å²) < 4.78 is 28.4. The smallest absolute Gasteiger partial charge is 0.248 e. The Bertz CT molecular complexity index is 873. The Morgan fingerprint density at radius 3 is 2.52 bits per heavy atom. The second-order valence-electron chi connectivity index (χ2n) is 6.80. The zero-order valence-electron chi connectivity index (χ0n) is 15.0. The molecular formula is C20H24N2O4S. The van der Waals surface area contributed by atoms with Gasteiger partial charge in [0.1, 0.15) is 0 Å². The van der Waals surface area contributed by atoms with Crippen LogP contribution >= 0.6 is 0 Å². The summed E-state index contributed by atoms with van der Waals surface area (Å²) in [5.74, 6) is -1.10. The molecule has 144 valence electrons. The van der Waals surface area contributed by atoms with Crippen LogP contribution in [0.25, 0.3) is 5.57 Å². The lowest BCUT2D eigenvalue weighted by molar-refractivity contribution is -0.135. The highest BCUT2D eigenvalue weighted by Gasteiger charge is 2.34. The average Bonchev–Trinajstić information content (AvgIpc) is 2.95. The molecule has 0 radical (unpaired) electrons. The highest BCUT2D eigenvalue weighted by molar-refractivity contribution is 7.93. The van der Waals surface area contributed by atoms with Gasteiger partial charge in [0, 0.05) is 6.04 Å². The molecule has 1 amide bonds. The minimum atomic E-state index is -3.76. The van der Waals surface area contributed by atoms with E-state index < -0.39 is 27.9 Å². The second kappa shape index (κ2) is 8.65. The predicted octanol–water partition coefficient (Wildman–Crippen LogP) is 2.90. The third-order valence-corrected chi connectivity index (χ3v) is 6.56. The molecule has 2 aliphatic rings. The molecule has 0 aromatic heterocycles. The SMILES string of the molecule is O=C(NO)[C@H]1CCCC[C@@H]1NS(=O)(=O)C1=CCC=C(c2ccccc2)C=C1. The Hall–Kier alpha value is -2.22. The first-order valence-electron chi connectivity index (χ1n) is 9.11. The lowest BCUT2D eigenvalue weighted by Crippen LogP contribution is -2.47. The van der Waals surface area contributed by atoms with Crippen LogP contribution in [-0.4, -0.2) is 25.6 Å². The van der Waals surface area contributed by atoms with Gasteiger partial charge >= 0.3 is 0 Å². The number of amides is 1. The van der Waals surface area contributed by atoms with E-state index in [1.165, 1.54) is 0 Å². The van der Waals surface area contributed by atoms with Crippen LogP contribution in [0.4, 0.5) is 0 Å². The van der Waals surface area contributed by atoms with Crippen LogP contribution < -0.4 is 10.2 Å². The lowest BCUT2D eigenvalue weighted by atomic mass is 9.85. The quantitative estimate of drug-likeness (QED) is 0.534. The highest BCUT2D eigenvalue weighted by Crippen LogP contribution is 2.27. The Kier molecular flexibility index (Phi) is 6.26. The van der Waals surface area contributed by atoms with Crippen LogP contribution in [0, 0.1) is 5.92 Å². The monoisotopic (exact) mass is 388 g/mol. The Labute approximate surface area is 159 Å². The number of carbonyl (C=O) groups is 1. The zero-order chi connectivity index (χ0) is 19.3. The van der Waals surface area contributed by atoms with Crippen LogP contribution in [-0.2, 0) is 14.8 Å². The molecule has 0 spiro atoms. The summed E-state index contributed by atoms with van der Waals surface area (Å²) in [5, 5.41) is 8.92. The summed E-state index contributed by atoms with van der Waals surface area (Å²) in [6.07, 6.45) is 10.3. The molecule has 27 heavy (non-hydrogen) atoms. The van der Waals surface area contributed by atoms with Crippen LogP contribution in [0.1, 0.15) is 37.7 Å². The largest absolute Gasteiger partial charge is 0.289 e. The van der Waals surface area contributed by atoms with Gasteiger partial charge in [-0.2, -0.15) is 0 Å². The zero-order valence-corrected chi connectivity index (χ0v) is 15.8. The minimum absolute atomic E-state index is 0.193. The molecule has 1 saturated carbocycles. The fourth-order valence-corrected chi connectivity index (χ4v) is 4.97. The number of hydrogen-bond acceptors (Lipinski definition) is 4. The maximum atomic E-state index is 12.9. The van der Waals surface area contributed by atoms with Gasteiger partial charge in [0.2, 0.25) is 15.9 Å². The summed E-state index contributed by atoms with van der Waals surface area (Å²) in [7, 11) is -3.76. The summed E-state index contributed by atoms with van der Waals surface area (Å²) >= 11 is 0. The molecule has 1 aromatic rings. The predicted molar refractivity (Wildman–Crippen MR) is 104 cm³/mol. The summed E-state index contributed by atoms with van der Waals surface area (Å²) in [4.78, 5) is 12.1. The number of nitrogens with one attached hydrogen (secondary N) is 2. The summed E-state index contributed by atoms with van der Waals surface area (Å²) in [5.41, 5.74) is 3.65. The van der Waals surface area contributed by atoms with Crippen LogP contribution in [0.5, 0.6) is 0 Å². The van der Waals surface area contributed by atoms with E-state index in [1.54, 1.807) is 23.7 Å². The topological polar surface area (TPSA) is 95.5 Å². The van der Waals surface area contributed by atoms with Crippen LogP contribution in [0.15, 0.2) is 59.5 Å². The fourth-order valence-electron chi connectivity index (χ4n) is 3.59. The maximum absolute atomic E-state index is 12.9. The summed E-state index contributed by atoms with van der Waals surface area (Å²) in [6, 6.07) is 9.26. The first-order chi connectivity index (χ1) is 13.0. The molecule has 2 atom stereocenters. The number of hydroxylamine groups is 1. The van der Waals surface area contributed by atoms with E-state index in [2.05, 4.69) is 4.72 Å². The highest BCUT2D eigenvalue weighted by atomic mass is 32.2.